The van der Waals surface area contributed by atoms with Crippen molar-refractivity contribution in [3.8, 4) is 5.75 Å². The van der Waals surface area contributed by atoms with Crippen LogP contribution >= 0.6 is 11.6 Å². The minimum absolute atomic E-state index is 0.101. The van der Waals surface area contributed by atoms with Gasteiger partial charge in [0.2, 0.25) is 0 Å². The van der Waals surface area contributed by atoms with Crippen LogP contribution in [0, 0.1) is 6.92 Å². The number of hydrogen-bond donors (Lipinski definition) is 1. The molecule has 0 saturated carbocycles. The number of nitrogens with one attached hydrogen (secondary N) is 1. The van der Waals surface area contributed by atoms with E-state index >= 15 is 0 Å². The van der Waals surface area contributed by atoms with Gasteiger partial charge in [-0.1, -0.05) is 23.7 Å². The first kappa shape index (κ1) is 18.2. The molecule has 1 aromatic heterocycles. The van der Waals surface area contributed by atoms with E-state index in [1.165, 1.54) is 12.1 Å². The van der Waals surface area contributed by atoms with Crippen LogP contribution < -0.4 is 10.1 Å². The van der Waals surface area contributed by atoms with Gasteiger partial charge in [-0.25, -0.2) is 0 Å². The summed E-state index contributed by atoms with van der Waals surface area (Å²) in [5, 5.41) is 4.17. The number of halogens is 3. The molecule has 0 aliphatic rings. The molecule has 0 spiro atoms. The fraction of sp³-hybridized carbons (Fsp3) is 0.211. The van der Waals surface area contributed by atoms with Crippen LogP contribution in [0.3, 0.4) is 0 Å². The molecule has 0 radical (unpaired) electrons. The maximum atomic E-state index is 12.3. The Morgan fingerprint density at radius 1 is 1.23 bits per heavy atom. The lowest BCUT2D eigenvalue weighted by molar-refractivity contribution is -0.0498. The Labute approximate surface area is 153 Å². The zero-order chi connectivity index (χ0) is 18.7. The normalized spacial score (nSPS) is 11.1. The van der Waals surface area contributed by atoms with E-state index in [4.69, 9.17) is 16.0 Å². The number of alkyl halides is 2. The van der Waals surface area contributed by atoms with Gasteiger partial charge in [0.05, 0.1) is 0 Å². The monoisotopic (exact) mass is 379 g/mol. The van der Waals surface area contributed by atoms with Crippen LogP contribution in [0.5, 0.6) is 5.75 Å². The Morgan fingerprint density at radius 2 is 1.96 bits per heavy atom. The average molecular weight is 380 g/mol. The van der Waals surface area contributed by atoms with E-state index < -0.39 is 6.61 Å². The molecule has 1 N–H and O–H groups in total. The van der Waals surface area contributed by atoms with Crippen molar-refractivity contribution in [2.24, 2.45) is 0 Å². The summed E-state index contributed by atoms with van der Waals surface area (Å²) < 4.78 is 34.1. The number of fused-ring (bicyclic) bond motifs is 1. The van der Waals surface area contributed by atoms with Crippen molar-refractivity contribution < 1.29 is 22.7 Å². The summed E-state index contributed by atoms with van der Waals surface area (Å²) >= 11 is 5.98. The number of furan rings is 1. The molecule has 7 heteroatoms. The summed E-state index contributed by atoms with van der Waals surface area (Å²) in [7, 11) is 0. The average Bonchev–Trinajstić information content (AvgIpc) is 2.92. The molecule has 0 aliphatic heterocycles. The highest BCUT2D eigenvalue weighted by Gasteiger charge is 2.17. The third kappa shape index (κ3) is 4.14. The van der Waals surface area contributed by atoms with E-state index in [-0.39, 0.29) is 17.4 Å². The van der Waals surface area contributed by atoms with Crippen LogP contribution in [-0.2, 0) is 6.42 Å². The zero-order valence-electron chi connectivity index (χ0n) is 13.9. The molecule has 0 bridgehead atoms. The van der Waals surface area contributed by atoms with E-state index in [1.54, 1.807) is 37.3 Å². The Bertz CT molecular complexity index is 922. The Balaban J connectivity index is 1.60. The topological polar surface area (TPSA) is 51.5 Å². The molecule has 3 rings (SSSR count). The quantitative estimate of drug-likeness (QED) is 0.658. The van der Waals surface area contributed by atoms with Crippen molar-refractivity contribution in [2.45, 2.75) is 20.0 Å². The van der Waals surface area contributed by atoms with Gasteiger partial charge in [0.1, 0.15) is 11.3 Å². The number of carbonyl (C=O) groups is 1. The van der Waals surface area contributed by atoms with E-state index in [2.05, 4.69) is 10.1 Å². The maximum Gasteiger partial charge on any atom is 0.387 e. The third-order valence-electron chi connectivity index (χ3n) is 3.95. The number of aryl methyl sites for hydroxylation is 1. The van der Waals surface area contributed by atoms with Crippen LogP contribution in [0.2, 0.25) is 5.02 Å². The molecular formula is C19H16ClF2NO3. The smallest absolute Gasteiger partial charge is 0.387 e. The molecule has 0 fully saturated rings. The first-order valence-corrected chi connectivity index (χ1v) is 8.32. The summed E-state index contributed by atoms with van der Waals surface area (Å²) in [6.07, 6.45) is 0.547. The molecule has 0 saturated heterocycles. The predicted octanol–water partition coefficient (Wildman–Crippen LogP) is 4.97. The van der Waals surface area contributed by atoms with Gasteiger partial charge < -0.3 is 14.5 Å². The largest absolute Gasteiger partial charge is 0.451 e. The molecular weight excluding hydrogens is 364 g/mol. The van der Waals surface area contributed by atoms with Crippen molar-refractivity contribution in [1.29, 1.82) is 0 Å². The highest BCUT2D eigenvalue weighted by Crippen LogP contribution is 2.27. The molecule has 1 heterocycles. The highest BCUT2D eigenvalue weighted by atomic mass is 35.5. The number of carbonyl (C=O) groups excluding carboxylic acids is 1. The van der Waals surface area contributed by atoms with Crippen LogP contribution in [0.4, 0.5) is 8.78 Å². The van der Waals surface area contributed by atoms with E-state index in [9.17, 15) is 13.6 Å². The van der Waals surface area contributed by atoms with Crippen LogP contribution in [0.1, 0.15) is 21.7 Å². The summed E-state index contributed by atoms with van der Waals surface area (Å²) in [5.41, 5.74) is 2.22. The Hall–Kier alpha value is -2.60. The number of benzene rings is 2. The van der Waals surface area contributed by atoms with Gasteiger partial charge in [-0.05, 0) is 49.2 Å². The molecule has 1 amide bonds. The Morgan fingerprint density at radius 3 is 2.65 bits per heavy atom. The molecule has 0 atom stereocenters. The highest BCUT2D eigenvalue weighted by molar-refractivity contribution is 6.31. The maximum absolute atomic E-state index is 12.3. The lowest BCUT2D eigenvalue weighted by Crippen LogP contribution is -2.25. The second kappa shape index (κ2) is 7.74. The van der Waals surface area contributed by atoms with Gasteiger partial charge in [0, 0.05) is 22.5 Å². The zero-order valence-corrected chi connectivity index (χ0v) is 14.6. The number of ether oxygens (including phenoxy) is 1. The number of amides is 1. The molecule has 0 aliphatic carbocycles. The molecule has 26 heavy (non-hydrogen) atoms. The van der Waals surface area contributed by atoms with E-state index in [1.807, 2.05) is 0 Å². The van der Waals surface area contributed by atoms with E-state index in [0.29, 0.717) is 23.6 Å². The van der Waals surface area contributed by atoms with Crippen molar-refractivity contribution in [1.82, 2.24) is 5.32 Å². The van der Waals surface area contributed by atoms with Crippen molar-refractivity contribution in [2.75, 3.05) is 6.54 Å². The minimum Gasteiger partial charge on any atom is -0.451 e. The molecule has 136 valence electrons. The van der Waals surface area contributed by atoms with Crippen LogP contribution in [0.15, 0.2) is 46.9 Å². The summed E-state index contributed by atoms with van der Waals surface area (Å²) in [6, 6.07) is 11.5. The van der Waals surface area contributed by atoms with E-state index in [0.717, 1.165) is 16.5 Å². The van der Waals surface area contributed by atoms with Gasteiger partial charge in [-0.15, -0.1) is 0 Å². The van der Waals surface area contributed by atoms with Crippen molar-refractivity contribution >= 4 is 28.5 Å². The van der Waals surface area contributed by atoms with Gasteiger partial charge in [0.15, 0.2) is 5.76 Å². The number of rotatable bonds is 6. The molecule has 4 nitrogen and oxygen atoms in total. The minimum atomic E-state index is -2.85. The second-order valence-corrected chi connectivity index (χ2v) is 6.16. The standard InChI is InChI=1S/C19H16ClF2NO3/c1-11-15-10-13(20)4-7-16(15)26-17(11)18(24)23-9-8-12-2-5-14(6-3-12)25-19(21)22/h2-7,10,19H,8-9H2,1H3,(H,23,24). The van der Waals surface area contributed by atoms with Crippen molar-refractivity contribution in [3.05, 3.63) is 64.4 Å². The van der Waals surface area contributed by atoms with Gasteiger partial charge in [-0.2, -0.15) is 8.78 Å². The summed E-state index contributed by atoms with van der Waals surface area (Å²) in [4.78, 5) is 12.3. The fourth-order valence-electron chi connectivity index (χ4n) is 2.65. The summed E-state index contributed by atoms with van der Waals surface area (Å²) in [5.74, 6) is 0.0415. The molecule has 2 aromatic carbocycles. The SMILES string of the molecule is Cc1c(C(=O)NCCc2ccc(OC(F)F)cc2)oc2ccc(Cl)cc12. The number of hydrogen-bond acceptors (Lipinski definition) is 3. The molecule has 3 aromatic rings. The molecule has 0 unspecified atom stereocenters. The van der Waals surface area contributed by atoms with Gasteiger partial charge in [0.25, 0.3) is 5.91 Å². The Kier molecular flexibility index (Phi) is 5.42. The first-order valence-electron chi connectivity index (χ1n) is 7.94. The van der Waals surface area contributed by atoms with Crippen LogP contribution in [0.25, 0.3) is 11.0 Å². The predicted molar refractivity (Wildman–Crippen MR) is 95.1 cm³/mol. The lowest BCUT2D eigenvalue weighted by Gasteiger charge is -2.07. The first-order chi connectivity index (χ1) is 12.4. The summed E-state index contributed by atoms with van der Waals surface area (Å²) in [6.45, 7) is -0.661. The second-order valence-electron chi connectivity index (χ2n) is 5.73. The van der Waals surface area contributed by atoms with Gasteiger partial charge >= 0.3 is 6.61 Å². The van der Waals surface area contributed by atoms with Crippen molar-refractivity contribution in [3.63, 3.8) is 0 Å². The third-order valence-corrected chi connectivity index (χ3v) is 4.19. The van der Waals surface area contributed by atoms with Gasteiger partial charge in [-0.3, -0.25) is 4.79 Å². The fourth-order valence-corrected chi connectivity index (χ4v) is 2.82. The lowest BCUT2D eigenvalue weighted by atomic mass is 10.1. The van der Waals surface area contributed by atoms with Crippen LogP contribution in [-0.4, -0.2) is 19.1 Å².